The van der Waals surface area contributed by atoms with Crippen molar-refractivity contribution < 1.29 is 9.84 Å². The third-order valence-electron chi connectivity index (χ3n) is 3.75. The molecule has 0 radical (unpaired) electrons. The summed E-state index contributed by atoms with van der Waals surface area (Å²) in [6.07, 6.45) is 5.50. The molecule has 1 fully saturated rings. The summed E-state index contributed by atoms with van der Waals surface area (Å²) in [6, 6.07) is 6.01. The number of halogens is 1. The molecule has 1 aliphatic carbocycles. The second-order valence-corrected chi connectivity index (χ2v) is 6.50. The van der Waals surface area contributed by atoms with Crippen LogP contribution in [0.4, 0.5) is 0 Å². The number of rotatable bonds is 5. The summed E-state index contributed by atoms with van der Waals surface area (Å²) in [5, 5.41) is 10.5. The number of hydrogen-bond donors (Lipinski definition) is 1. The third kappa shape index (κ3) is 3.48. The summed E-state index contributed by atoms with van der Waals surface area (Å²) in [7, 11) is 1.66. The molecule has 18 heavy (non-hydrogen) atoms. The minimum Gasteiger partial charge on any atom is -0.496 e. The molecule has 3 heteroatoms. The Kier molecular flexibility index (Phi) is 4.33. The first-order chi connectivity index (χ1) is 8.50. The number of ether oxygens (including phenoxy) is 1. The predicted molar refractivity (Wildman–Crippen MR) is 77.0 cm³/mol. The summed E-state index contributed by atoms with van der Waals surface area (Å²) in [5.74, 6) is 1.55. The number of methoxy groups -OCH3 is 1. The second-order valence-electron chi connectivity index (χ2n) is 5.64. The van der Waals surface area contributed by atoms with Gasteiger partial charge in [0.2, 0.25) is 0 Å². The highest BCUT2D eigenvalue weighted by Gasteiger charge is 2.29. The van der Waals surface area contributed by atoms with Gasteiger partial charge in [0, 0.05) is 6.42 Å². The highest BCUT2D eigenvalue weighted by molar-refractivity contribution is 9.10. The van der Waals surface area contributed by atoms with Gasteiger partial charge in [0.05, 0.1) is 17.2 Å². The van der Waals surface area contributed by atoms with Crippen molar-refractivity contribution in [1.29, 1.82) is 0 Å². The van der Waals surface area contributed by atoms with E-state index < -0.39 is 5.60 Å². The SMILES string of the molecule is COc1ccc(CC(C)(O)CC2CCC2)cc1Br. The number of aliphatic hydroxyl groups is 1. The van der Waals surface area contributed by atoms with Crippen LogP contribution in [0.1, 0.15) is 38.2 Å². The zero-order valence-electron chi connectivity index (χ0n) is 11.1. The zero-order valence-corrected chi connectivity index (χ0v) is 12.7. The summed E-state index contributed by atoms with van der Waals surface area (Å²) in [5.41, 5.74) is 0.547. The molecule has 0 aromatic heterocycles. The monoisotopic (exact) mass is 312 g/mol. The van der Waals surface area contributed by atoms with E-state index in [0.29, 0.717) is 6.42 Å². The van der Waals surface area contributed by atoms with Crippen LogP contribution in [0.25, 0.3) is 0 Å². The first kappa shape index (κ1) is 13.9. The van der Waals surface area contributed by atoms with Gasteiger partial charge in [-0.05, 0) is 52.9 Å². The molecule has 0 aliphatic heterocycles. The van der Waals surface area contributed by atoms with Gasteiger partial charge in [-0.3, -0.25) is 0 Å². The summed E-state index contributed by atoms with van der Waals surface area (Å²) < 4.78 is 6.16. The maximum absolute atomic E-state index is 10.5. The molecule has 100 valence electrons. The van der Waals surface area contributed by atoms with Gasteiger partial charge in [-0.15, -0.1) is 0 Å². The molecule has 1 saturated carbocycles. The quantitative estimate of drug-likeness (QED) is 0.892. The highest BCUT2D eigenvalue weighted by atomic mass is 79.9. The van der Waals surface area contributed by atoms with Crippen molar-refractivity contribution in [2.75, 3.05) is 7.11 Å². The molecule has 1 atom stereocenters. The minimum atomic E-state index is -0.598. The van der Waals surface area contributed by atoms with E-state index in [2.05, 4.69) is 15.9 Å². The topological polar surface area (TPSA) is 29.5 Å². The standard InChI is InChI=1S/C15H21BrO2/c1-15(17,9-11-4-3-5-11)10-12-6-7-14(18-2)13(16)8-12/h6-8,11,17H,3-5,9-10H2,1-2H3. The third-order valence-corrected chi connectivity index (χ3v) is 4.37. The molecule has 0 saturated heterocycles. The maximum Gasteiger partial charge on any atom is 0.133 e. The van der Waals surface area contributed by atoms with Crippen molar-refractivity contribution in [3.05, 3.63) is 28.2 Å². The van der Waals surface area contributed by atoms with Crippen molar-refractivity contribution in [2.45, 2.75) is 44.6 Å². The molecule has 0 heterocycles. The largest absolute Gasteiger partial charge is 0.496 e. The average molecular weight is 313 g/mol. The van der Waals surface area contributed by atoms with Gasteiger partial charge < -0.3 is 9.84 Å². The Morgan fingerprint density at radius 3 is 2.67 bits per heavy atom. The minimum absolute atomic E-state index is 0.598. The lowest BCUT2D eigenvalue weighted by molar-refractivity contribution is 0.0204. The van der Waals surface area contributed by atoms with Gasteiger partial charge in [0.15, 0.2) is 0 Å². The number of benzene rings is 1. The fourth-order valence-electron chi connectivity index (χ4n) is 2.65. The van der Waals surface area contributed by atoms with Gasteiger partial charge in [-0.25, -0.2) is 0 Å². The van der Waals surface area contributed by atoms with E-state index in [1.807, 2.05) is 25.1 Å². The van der Waals surface area contributed by atoms with Gasteiger partial charge >= 0.3 is 0 Å². The molecular weight excluding hydrogens is 292 g/mol. The Morgan fingerprint density at radius 1 is 1.44 bits per heavy atom. The van der Waals surface area contributed by atoms with Crippen molar-refractivity contribution in [3.8, 4) is 5.75 Å². The van der Waals surface area contributed by atoms with Gasteiger partial charge in [-0.2, -0.15) is 0 Å². The van der Waals surface area contributed by atoms with Crippen LogP contribution >= 0.6 is 15.9 Å². The van der Waals surface area contributed by atoms with Crippen LogP contribution in [0, 0.1) is 5.92 Å². The average Bonchev–Trinajstić information content (AvgIpc) is 2.24. The lowest BCUT2D eigenvalue weighted by atomic mass is 9.76. The molecule has 0 bridgehead atoms. The number of hydrogen-bond acceptors (Lipinski definition) is 2. The first-order valence-corrected chi connectivity index (χ1v) is 7.34. The van der Waals surface area contributed by atoms with Crippen LogP contribution in [0.5, 0.6) is 5.75 Å². The van der Waals surface area contributed by atoms with E-state index in [4.69, 9.17) is 4.74 Å². The van der Waals surface area contributed by atoms with Crippen LogP contribution in [0.15, 0.2) is 22.7 Å². The predicted octanol–water partition coefficient (Wildman–Crippen LogP) is 3.94. The van der Waals surface area contributed by atoms with Crippen LogP contribution in [-0.2, 0) is 6.42 Å². The molecule has 1 aromatic carbocycles. The van der Waals surface area contributed by atoms with Crippen LogP contribution in [0.2, 0.25) is 0 Å². The van der Waals surface area contributed by atoms with Crippen LogP contribution in [-0.4, -0.2) is 17.8 Å². The first-order valence-electron chi connectivity index (χ1n) is 6.55. The molecule has 2 nitrogen and oxygen atoms in total. The highest BCUT2D eigenvalue weighted by Crippen LogP contribution is 2.35. The summed E-state index contributed by atoms with van der Waals surface area (Å²) in [4.78, 5) is 0. The van der Waals surface area contributed by atoms with Crippen LogP contribution < -0.4 is 4.74 Å². The molecule has 0 spiro atoms. The van der Waals surface area contributed by atoms with E-state index >= 15 is 0 Å². The second kappa shape index (κ2) is 5.62. The van der Waals surface area contributed by atoms with Crippen molar-refractivity contribution in [3.63, 3.8) is 0 Å². The zero-order chi connectivity index (χ0) is 13.2. The smallest absolute Gasteiger partial charge is 0.133 e. The van der Waals surface area contributed by atoms with Crippen molar-refractivity contribution >= 4 is 15.9 Å². The summed E-state index contributed by atoms with van der Waals surface area (Å²) in [6.45, 7) is 1.95. The van der Waals surface area contributed by atoms with Gasteiger partial charge in [0.1, 0.15) is 5.75 Å². The molecular formula is C15H21BrO2. The van der Waals surface area contributed by atoms with Gasteiger partial charge in [0.25, 0.3) is 0 Å². The van der Waals surface area contributed by atoms with E-state index in [1.165, 1.54) is 19.3 Å². The van der Waals surface area contributed by atoms with Crippen molar-refractivity contribution in [1.82, 2.24) is 0 Å². The fraction of sp³-hybridized carbons (Fsp3) is 0.600. The van der Waals surface area contributed by atoms with Crippen molar-refractivity contribution in [2.24, 2.45) is 5.92 Å². The van der Waals surface area contributed by atoms with Gasteiger partial charge in [-0.1, -0.05) is 25.3 Å². The molecule has 1 aliphatic rings. The maximum atomic E-state index is 10.5. The van der Waals surface area contributed by atoms with Crippen LogP contribution in [0.3, 0.4) is 0 Å². The normalized spacial score (nSPS) is 19.1. The Labute approximate surface area is 117 Å². The molecule has 1 aromatic rings. The van der Waals surface area contributed by atoms with E-state index in [0.717, 1.165) is 28.1 Å². The molecule has 1 N–H and O–H groups in total. The Morgan fingerprint density at radius 2 is 2.17 bits per heavy atom. The van der Waals surface area contributed by atoms with E-state index in [1.54, 1.807) is 7.11 Å². The van der Waals surface area contributed by atoms with E-state index in [9.17, 15) is 5.11 Å². The lowest BCUT2D eigenvalue weighted by Gasteiger charge is -2.33. The molecule has 0 amide bonds. The summed E-state index contributed by atoms with van der Waals surface area (Å²) >= 11 is 3.48. The fourth-order valence-corrected chi connectivity index (χ4v) is 3.24. The molecule has 2 rings (SSSR count). The van der Waals surface area contributed by atoms with E-state index in [-0.39, 0.29) is 0 Å². The Bertz CT molecular complexity index is 411. The Balaban J connectivity index is 2.00. The Hall–Kier alpha value is -0.540. The lowest BCUT2D eigenvalue weighted by Crippen LogP contribution is -2.32. The molecule has 1 unspecified atom stereocenters.